The molecule has 0 unspecified atom stereocenters. The first-order valence-electron chi connectivity index (χ1n) is 4.31. The molecule has 0 aliphatic rings. The molecule has 0 bridgehead atoms. The maximum absolute atomic E-state index is 5.69. The molecule has 68 valence electrons. The Morgan fingerprint density at radius 1 is 1.46 bits per heavy atom. The standard InChI is InChI=1S/C9H12N4/c1-7(10)6-13-9-5-3-2-4-8(9)11-12-13/h2-5,7H,6,10H2,1H3/t7-/m1/s1. The van der Waals surface area contributed by atoms with E-state index in [2.05, 4.69) is 10.3 Å². The third-order valence-electron chi connectivity index (χ3n) is 1.88. The van der Waals surface area contributed by atoms with Gasteiger partial charge in [-0.05, 0) is 19.1 Å². The summed E-state index contributed by atoms with van der Waals surface area (Å²) in [6.07, 6.45) is 0. The third kappa shape index (κ3) is 1.53. The predicted molar refractivity (Wildman–Crippen MR) is 51.2 cm³/mol. The second kappa shape index (κ2) is 3.14. The minimum Gasteiger partial charge on any atom is -0.326 e. The van der Waals surface area contributed by atoms with Gasteiger partial charge in [-0.1, -0.05) is 17.3 Å². The first kappa shape index (κ1) is 8.19. The molecule has 0 spiro atoms. The Hall–Kier alpha value is -1.42. The van der Waals surface area contributed by atoms with E-state index in [1.807, 2.05) is 35.9 Å². The van der Waals surface area contributed by atoms with Crippen molar-refractivity contribution in [3.8, 4) is 0 Å². The van der Waals surface area contributed by atoms with Gasteiger partial charge < -0.3 is 5.73 Å². The van der Waals surface area contributed by atoms with Crippen molar-refractivity contribution >= 4 is 11.0 Å². The molecule has 2 rings (SSSR count). The highest BCUT2D eigenvalue weighted by Crippen LogP contribution is 2.09. The molecule has 2 aromatic rings. The topological polar surface area (TPSA) is 56.7 Å². The van der Waals surface area contributed by atoms with Crippen LogP contribution < -0.4 is 5.73 Å². The summed E-state index contributed by atoms with van der Waals surface area (Å²) in [7, 11) is 0. The minimum absolute atomic E-state index is 0.102. The summed E-state index contributed by atoms with van der Waals surface area (Å²) in [5, 5.41) is 8.05. The van der Waals surface area contributed by atoms with E-state index in [-0.39, 0.29) is 6.04 Å². The van der Waals surface area contributed by atoms with Crippen LogP contribution in [0.5, 0.6) is 0 Å². The van der Waals surface area contributed by atoms with Crippen LogP contribution >= 0.6 is 0 Å². The molecule has 4 heteroatoms. The molecule has 1 aromatic heterocycles. The summed E-state index contributed by atoms with van der Waals surface area (Å²) in [5.74, 6) is 0. The largest absolute Gasteiger partial charge is 0.326 e. The first-order valence-corrected chi connectivity index (χ1v) is 4.31. The van der Waals surface area contributed by atoms with Gasteiger partial charge in [0.15, 0.2) is 0 Å². The number of aromatic nitrogens is 3. The van der Waals surface area contributed by atoms with Crippen LogP contribution in [0.2, 0.25) is 0 Å². The Balaban J connectivity index is 2.46. The normalized spacial score (nSPS) is 13.4. The molecule has 13 heavy (non-hydrogen) atoms. The van der Waals surface area contributed by atoms with Crippen molar-refractivity contribution in [2.45, 2.75) is 19.5 Å². The van der Waals surface area contributed by atoms with E-state index in [4.69, 9.17) is 5.73 Å². The van der Waals surface area contributed by atoms with E-state index >= 15 is 0 Å². The molecule has 1 heterocycles. The highest BCUT2D eigenvalue weighted by Gasteiger charge is 2.03. The van der Waals surface area contributed by atoms with Gasteiger partial charge in [-0.25, -0.2) is 4.68 Å². The molecule has 0 saturated heterocycles. The van der Waals surface area contributed by atoms with Gasteiger partial charge in [-0.2, -0.15) is 0 Å². The van der Waals surface area contributed by atoms with Crippen molar-refractivity contribution in [1.82, 2.24) is 15.0 Å². The third-order valence-corrected chi connectivity index (χ3v) is 1.88. The first-order chi connectivity index (χ1) is 6.27. The lowest BCUT2D eigenvalue weighted by molar-refractivity contribution is 0.536. The monoisotopic (exact) mass is 176 g/mol. The van der Waals surface area contributed by atoms with Gasteiger partial charge >= 0.3 is 0 Å². The fourth-order valence-electron chi connectivity index (χ4n) is 1.32. The SMILES string of the molecule is C[C@@H](N)Cn1nnc2ccccc21. The highest BCUT2D eigenvalue weighted by atomic mass is 15.4. The number of hydrogen-bond acceptors (Lipinski definition) is 3. The lowest BCUT2D eigenvalue weighted by Gasteiger charge is -2.04. The van der Waals surface area contributed by atoms with E-state index in [0.29, 0.717) is 6.54 Å². The fraction of sp³-hybridized carbons (Fsp3) is 0.333. The number of nitrogens with zero attached hydrogens (tertiary/aromatic N) is 3. The van der Waals surface area contributed by atoms with Crippen LogP contribution in [0.1, 0.15) is 6.92 Å². The maximum atomic E-state index is 5.69. The zero-order valence-electron chi connectivity index (χ0n) is 7.51. The molecule has 0 aliphatic carbocycles. The van der Waals surface area contributed by atoms with Crippen LogP contribution in [0.3, 0.4) is 0 Å². The molecule has 0 saturated carbocycles. The number of rotatable bonds is 2. The van der Waals surface area contributed by atoms with Crippen LogP contribution in [-0.4, -0.2) is 21.0 Å². The van der Waals surface area contributed by atoms with Crippen molar-refractivity contribution in [3.63, 3.8) is 0 Å². The van der Waals surface area contributed by atoms with Crippen LogP contribution in [0, 0.1) is 0 Å². The van der Waals surface area contributed by atoms with Crippen LogP contribution in [0.4, 0.5) is 0 Å². The van der Waals surface area contributed by atoms with E-state index in [0.717, 1.165) is 11.0 Å². The number of para-hydroxylation sites is 1. The average molecular weight is 176 g/mol. The summed E-state index contributed by atoms with van der Waals surface area (Å²) >= 11 is 0. The summed E-state index contributed by atoms with van der Waals surface area (Å²) in [4.78, 5) is 0. The van der Waals surface area contributed by atoms with Crippen LogP contribution in [-0.2, 0) is 6.54 Å². The van der Waals surface area contributed by atoms with Crippen molar-refractivity contribution in [3.05, 3.63) is 24.3 Å². The summed E-state index contributed by atoms with van der Waals surface area (Å²) in [6, 6.07) is 7.97. The van der Waals surface area contributed by atoms with E-state index in [1.54, 1.807) is 0 Å². The zero-order valence-corrected chi connectivity index (χ0v) is 7.51. The zero-order chi connectivity index (χ0) is 9.26. The molecule has 1 atom stereocenters. The highest BCUT2D eigenvalue weighted by molar-refractivity contribution is 5.73. The van der Waals surface area contributed by atoms with E-state index < -0.39 is 0 Å². The molecule has 4 nitrogen and oxygen atoms in total. The molecule has 0 aliphatic heterocycles. The quantitative estimate of drug-likeness (QED) is 0.735. The Bertz CT molecular complexity index is 405. The van der Waals surface area contributed by atoms with E-state index in [1.165, 1.54) is 0 Å². The summed E-state index contributed by atoms with van der Waals surface area (Å²) < 4.78 is 1.83. The molecule has 1 aromatic carbocycles. The van der Waals surface area contributed by atoms with E-state index in [9.17, 15) is 0 Å². The lowest BCUT2D eigenvalue weighted by atomic mass is 10.3. The smallest absolute Gasteiger partial charge is 0.113 e. The number of nitrogens with two attached hydrogens (primary N) is 1. The van der Waals surface area contributed by atoms with Crippen LogP contribution in [0.15, 0.2) is 24.3 Å². The van der Waals surface area contributed by atoms with Crippen molar-refractivity contribution in [2.75, 3.05) is 0 Å². The van der Waals surface area contributed by atoms with Crippen LogP contribution in [0.25, 0.3) is 11.0 Å². The van der Waals surface area contributed by atoms with Crippen molar-refractivity contribution < 1.29 is 0 Å². The van der Waals surface area contributed by atoms with Crippen molar-refractivity contribution in [2.24, 2.45) is 5.73 Å². The van der Waals surface area contributed by atoms with Gasteiger partial charge in [-0.15, -0.1) is 5.10 Å². The van der Waals surface area contributed by atoms with Gasteiger partial charge in [0.2, 0.25) is 0 Å². The van der Waals surface area contributed by atoms with Gasteiger partial charge in [0, 0.05) is 6.04 Å². The Morgan fingerprint density at radius 2 is 2.23 bits per heavy atom. The molecule has 0 amide bonds. The van der Waals surface area contributed by atoms with Gasteiger partial charge in [-0.3, -0.25) is 0 Å². The number of hydrogen-bond donors (Lipinski definition) is 1. The lowest BCUT2D eigenvalue weighted by Crippen LogP contribution is -2.22. The second-order valence-electron chi connectivity index (χ2n) is 3.24. The summed E-state index contributed by atoms with van der Waals surface area (Å²) in [5.41, 5.74) is 7.65. The summed E-state index contributed by atoms with van der Waals surface area (Å²) in [6.45, 7) is 2.66. The van der Waals surface area contributed by atoms with Gasteiger partial charge in [0.1, 0.15) is 5.52 Å². The molecular formula is C9H12N4. The molecular weight excluding hydrogens is 164 g/mol. The Morgan fingerprint density at radius 3 is 3.00 bits per heavy atom. The molecule has 0 radical (unpaired) electrons. The van der Waals surface area contributed by atoms with Crippen molar-refractivity contribution in [1.29, 1.82) is 0 Å². The second-order valence-corrected chi connectivity index (χ2v) is 3.24. The minimum atomic E-state index is 0.102. The fourth-order valence-corrected chi connectivity index (χ4v) is 1.32. The average Bonchev–Trinajstić information content (AvgIpc) is 2.48. The van der Waals surface area contributed by atoms with Gasteiger partial charge in [0.25, 0.3) is 0 Å². The molecule has 0 fully saturated rings. The number of fused-ring (bicyclic) bond motifs is 1. The molecule has 2 N–H and O–H groups in total. The maximum Gasteiger partial charge on any atom is 0.113 e. The van der Waals surface area contributed by atoms with Gasteiger partial charge in [0.05, 0.1) is 12.1 Å². The Kier molecular flexibility index (Phi) is 1.98. The predicted octanol–water partition coefficient (Wildman–Crippen LogP) is 0.778. The number of benzene rings is 1. The Labute approximate surface area is 76.3 Å².